The summed E-state index contributed by atoms with van der Waals surface area (Å²) in [6, 6.07) is 5.64. The van der Waals surface area contributed by atoms with Crippen molar-refractivity contribution < 1.29 is 9.90 Å². The van der Waals surface area contributed by atoms with Gasteiger partial charge in [-0.25, -0.2) is 9.97 Å². The average molecular weight is 321 g/mol. The van der Waals surface area contributed by atoms with Gasteiger partial charge in [0.1, 0.15) is 0 Å². The third-order valence-electron chi connectivity index (χ3n) is 2.77. The van der Waals surface area contributed by atoms with Gasteiger partial charge in [-0.15, -0.1) is 0 Å². The van der Waals surface area contributed by atoms with Gasteiger partial charge in [0.2, 0.25) is 0 Å². The Morgan fingerprint density at radius 1 is 1.42 bits per heavy atom. The van der Waals surface area contributed by atoms with E-state index in [0.717, 1.165) is 16.6 Å². The Bertz CT molecular complexity index is 762. The molecule has 19 heavy (non-hydrogen) atoms. The van der Waals surface area contributed by atoms with E-state index in [4.69, 9.17) is 5.11 Å². The van der Waals surface area contributed by atoms with Crippen molar-refractivity contribution in [3.63, 3.8) is 0 Å². The molecule has 3 rings (SSSR count). The van der Waals surface area contributed by atoms with Crippen LogP contribution in [0.1, 0.15) is 5.69 Å². The summed E-state index contributed by atoms with van der Waals surface area (Å²) in [7, 11) is 0. The highest BCUT2D eigenvalue weighted by atomic mass is 79.9. The van der Waals surface area contributed by atoms with Crippen LogP contribution >= 0.6 is 15.9 Å². The van der Waals surface area contributed by atoms with Crippen molar-refractivity contribution in [2.75, 3.05) is 0 Å². The number of fused-ring (bicyclic) bond motifs is 1. The lowest BCUT2D eigenvalue weighted by molar-refractivity contribution is -0.136. The topological polar surface area (TPSA) is 94.7 Å². The lowest BCUT2D eigenvalue weighted by Gasteiger charge is -2.00. The molecular formula is C12H9BrN4O2. The fourth-order valence-corrected chi connectivity index (χ4v) is 2.39. The van der Waals surface area contributed by atoms with Gasteiger partial charge in [-0.05, 0) is 28.1 Å². The summed E-state index contributed by atoms with van der Waals surface area (Å²) >= 11 is 3.23. The molecule has 0 amide bonds. The third kappa shape index (κ3) is 2.24. The predicted molar refractivity (Wildman–Crippen MR) is 72.7 cm³/mol. The highest BCUT2D eigenvalue weighted by Crippen LogP contribution is 2.26. The van der Waals surface area contributed by atoms with Crippen LogP contribution in [-0.4, -0.2) is 31.0 Å². The van der Waals surface area contributed by atoms with Crippen LogP contribution in [0.25, 0.3) is 22.3 Å². The summed E-state index contributed by atoms with van der Waals surface area (Å²) in [6.45, 7) is 0. The number of hydrogen-bond donors (Lipinski definition) is 3. The molecule has 0 fully saturated rings. The number of carboxylic acid groups (broad SMARTS) is 1. The van der Waals surface area contributed by atoms with Crippen molar-refractivity contribution in [1.29, 1.82) is 0 Å². The van der Waals surface area contributed by atoms with E-state index < -0.39 is 5.97 Å². The second-order valence-corrected chi connectivity index (χ2v) is 4.81. The summed E-state index contributed by atoms with van der Waals surface area (Å²) in [5.41, 5.74) is 3.79. The number of nitrogens with zero attached hydrogens (tertiary/aromatic N) is 2. The minimum atomic E-state index is -0.903. The van der Waals surface area contributed by atoms with Crippen LogP contribution in [0.15, 0.2) is 29.3 Å². The SMILES string of the molecule is O=C(O)Cc1[nH]c(Br)nc1-c1ccc2nc[nH]c2c1. The molecule has 96 valence electrons. The molecular weight excluding hydrogens is 312 g/mol. The van der Waals surface area contributed by atoms with Crippen LogP contribution in [0.2, 0.25) is 0 Å². The molecule has 1 aromatic carbocycles. The molecule has 3 aromatic rings. The van der Waals surface area contributed by atoms with E-state index in [-0.39, 0.29) is 6.42 Å². The number of imidazole rings is 2. The van der Waals surface area contributed by atoms with Gasteiger partial charge in [-0.3, -0.25) is 4.79 Å². The smallest absolute Gasteiger partial charge is 0.309 e. The first-order valence-electron chi connectivity index (χ1n) is 5.53. The largest absolute Gasteiger partial charge is 0.481 e. The van der Waals surface area contributed by atoms with Gasteiger partial charge in [0.25, 0.3) is 0 Å². The average Bonchev–Trinajstić information content (AvgIpc) is 2.93. The number of hydrogen-bond acceptors (Lipinski definition) is 3. The van der Waals surface area contributed by atoms with Crippen molar-refractivity contribution in [3.05, 3.63) is 35.0 Å². The Morgan fingerprint density at radius 2 is 2.26 bits per heavy atom. The number of nitrogens with one attached hydrogen (secondary N) is 2. The van der Waals surface area contributed by atoms with Gasteiger partial charge in [-0.1, -0.05) is 6.07 Å². The van der Waals surface area contributed by atoms with Crippen molar-refractivity contribution >= 4 is 32.9 Å². The molecule has 0 radical (unpaired) electrons. The molecule has 6 nitrogen and oxygen atoms in total. The number of halogens is 1. The molecule has 3 N–H and O–H groups in total. The zero-order valence-corrected chi connectivity index (χ0v) is 11.2. The number of aliphatic carboxylic acids is 1. The molecule has 0 aliphatic carbocycles. The second-order valence-electron chi connectivity index (χ2n) is 4.06. The number of carboxylic acids is 1. The maximum Gasteiger partial charge on any atom is 0.309 e. The number of aromatic nitrogens is 4. The minimum absolute atomic E-state index is 0.102. The fourth-order valence-electron chi connectivity index (χ4n) is 1.98. The quantitative estimate of drug-likeness (QED) is 0.690. The van der Waals surface area contributed by atoms with Gasteiger partial charge < -0.3 is 15.1 Å². The molecule has 0 saturated heterocycles. The number of carbonyl (C=O) groups is 1. The molecule has 0 aliphatic heterocycles. The van der Waals surface area contributed by atoms with E-state index >= 15 is 0 Å². The summed E-state index contributed by atoms with van der Waals surface area (Å²) in [5.74, 6) is -0.903. The van der Waals surface area contributed by atoms with Crippen molar-refractivity contribution in [1.82, 2.24) is 19.9 Å². The third-order valence-corrected chi connectivity index (χ3v) is 3.15. The molecule has 2 heterocycles. The zero-order valence-electron chi connectivity index (χ0n) is 9.64. The van der Waals surface area contributed by atoms with Gasteiger partial charge in [-0.2, -0.15) is 0 Å². The molecule has 0 spiro atoms. The molecule has 0 bridgehead atoms. The molecule has 0 atom stereocenters. The number of benzene rings is 1. The van der Waals surface area contributed by atoms with Crippen LogP contribution in [-0.2, 0) is 11.2 Å². The summed E-state index contributed by atoms with van der Waals surface area (Å²) in [5, 5.41) is 8.91. The first kappa shape index (κ1) is 11.9. The summed E-state index contributed by atoms with van der Waals surface area (Å²) < 4.78 is 0.517. The number of rotatable bonds is 3. The Morgan fingerprint density at radius 3 is 3.05 bits per heavy atom. The van der Waals surface area contributed by atoms with Crippen LogP contribution in [0, 0.1) is 0 Å². The monoisotopic (exact) mass is 320 g/mol. The van der Waals surface area contributed by atoms with Crippen LogP contribution in [0.5, 0.6) is 0 Å². The van der Waals surface area contributed by atoms with E-state index in [1.165, 1.54) is 0 Å². The van der Waals surface area contributed by atoms with Gasteiger partial charge in [0.15, 0.2) is 4.73 Å². The van der Waals surface area contributed by atoms with Crippen LogP contribution in [0.3, 0.4) is 0 Å². The maximum absolute atomic E-state index is 10.9. The molecule has 0 aliphatic rings. The van der Waals surface area contributed by atoms with E-state index in [9.17, 15) is 4.79 Å². The molecule has 0 saturated carbocycles. The van der Waals surface area contributed by atoms with Crippen molar-refractivity contribution in [3.8, 4) is 11.3 Å². The predicted octanol–water partition coefficient (Wildman–Crippen LogP) is 2.34. The van der Waals surface area contributed by atoms with Gasteiger partial charge in [0, 0.05) is 5.56 Å². The Kier molecular flexibility index (Phi) is 2.83. The first-order valence-corrected chi connectivity index (χ1v) is 6.32. The van der Waals surface area contributed by atoms with Crippen molar-refractivity contribution in [2.45, 2.75) is 6.42 Å². The Hall–Kier alpha value is -2.15. The number of aromatic amines is 2. The standard InChI is InChI=1S/C12H9BrN4O2/c13-12-16-9(4-10(18)19)11(17-12)6-1-2-7-8(3-6)15-5-14-7/h1-3,5H,4H2,(H,14,15)(H,16,17)(H,18,19). The Balaban J connectivity index is 2.11. The summed E-state index contributed by atoms with van der Waals surface area (Å²) in [4.78, 5) is 25.2. The molecule has 2 aromatic heterocycles. The number of H-pyrrole nitrogens is 2. The lowest BCUT2D eigenvalue weighted by Crippen LogP contribution is -2.01. The summed E-state index contributed by atoms with van der Waals surface area (Å²) in [6.07, 6.45) is 1.52. The fraction of sp³-hybridized carbons (Fsp3) is 0.0833. The van der Waals surface area contributed by atoms with E-state index in [1.807, 2.05) is 18.2 Å². The zero-order chi connectivity index (χ0) is 13.4. The van der Waals surface area contributed by atoms with Crippen LogP contribution < -0.4 is 0 Å². The van der Waals surface area contributed by atoms with Gasteiger partial charge in [0.05, 0.1) is 35.2 Å². The Labute approximate surface area is 116 Å². The van der Waals surface area contributed by atoms with E-state index in [0.29, 0.717) is 16.1 Å². The maximum atomic E-state index is 10.9. The first-order chi connectivity index (χ1) is 9.13. The molecule has 7 heteroatoms. The normalized spacial score (nSPS) is 11.0. The van der Waals surface area contributed by atoms with E-state index in [1.54, 1.807) is 6.33 Å². The minimum Gasteiger partial charge on any atom is -0.481 e. The highest BCUT2D eigenvalue weighted by molar-refractivity contribution is 9.10. The second kappa shape index (κ2) is 4.51. The van der Waals surface area contributed by atoms with E-state index in [2.05, 4.69) is 35.9 Å². The lowest BCUT2D eigenvalue weighted by atomic mass is 10.1. The van der Waals surface area contributed by atoms with Gasteiger partial charge >= 0.3 is 5.97 Å². The van der Waals surface area contributed by atoms with Crippen molar-refractivity contribution in [2.24, 2.45) is 0 Å². The van der Waals surface area contributed by atoms with Crippen LogP contribution in [0.4, 0.5) is 0 Å². The highest BCUT2D eigenvalue weighted by Gasteiger charge is 2.14. The molecule has 0 unspecified atom stereocenters.